The Labute approximate surface area is 214 Å². The smallest absolute Gasteiger partial charge is 0.151 e. The predicted molar refractivity (Wildman–Crippen MR) is 143 cm³/mol. The molecule has 0 bridgehead atoms. The fourth-order valence-electron chi connectivity index (χ4n) is 5.84. The first-order chi connectivity index (χ1) is 17.5. The fraction of sp³-hybridized carbons (Fsp3) is 0.483. The summed E-state index contributed by atoms with van der Waals surface area (Å²) in [6, 6.07) is 16.7. The molecule has 1 unspecified atom stereocenters. The first-order valence-corrected chi connectivity index (χ1v) is 13.3. The molecule has 0 radical (unpaired) electrons. The number of piperazine rings is 1. The summed E-state index contributed by atoms with van der Waals surface area (Å²) in [7, 11) is 0. The van der Waals surface area contributed by atoms with E-state index in [1.807, 2.05) is 0 Å². The van der Waals surface area contributed by atoms with Crippen molar-refractivity contribution in [1.29, 1.82) is 0 Å². The standard InChI is InChI=1S/C29H37N5O2/c1-21(2)33-11-10-32(17-22(33)3)26-7-4-23(5-8-26)24-6-9-27-28(16-24)36-20-29-30-25(19-34(27)29)18-31-12-14-35-15-13-31/h4-9,16,19,21-22H,10-15,17-18,20H2,1-3H3. The molecule has 0 aliphatic carbocycles. The number of aromatic nitrogens is 2. The van der Waals surface area contributed by atoms with E-state index >= 15 is 0 Å². The van der Waals surface area contributed by atoms with Crippen molar-refractivity contribution >= 4 is 5.69 Å². The van der Waals surface area contributed by atoms with Gasteiger partial charge in [-0.2, -0.15) is 0 Å². The van der Waals surface area contributed by atoms with Crippen molar-refractivity contribution in [2.24, 2.45) is 0 Å². The van der Waals surface area contributed by atoms with E-state index in [1.165, 1.54) is 16.8 Å². The number of hydrogen-bond donors (Lipinski definition) is 0. The lowest BCUT2D eigenvalue weighted by molar-refractivity contribution is 0.0337. The highest BCUT2D eigenvalue weighted by atomic mass is 16.5. The van der Waals surface area contributed by atoms with Crippen LogP contribution in [0.5, 0.6) is 5.75 Å². The Morgan fingerprint density at radius 3 is 2.50 bits per heavy atom. The van der Waals surface area contributed by atoms with Crippen LogP contribution >= 0.6 is 0 Å². The van der Waals surface area contributed by atoms with E-state index in [1.54, 1.807) is 0 Å². The Morgan fingerprint density at radius 2 is 1.75 bits per heavy atom. The maximum Gasteiger partial charge on any atom is 0.151 e. The summed E-state index contributed by atoms with van der Waals surface area (Å²) >= 11 is 0. The average molecular weight is 488 g/mol. The van der Waals surface area contributed by atoms with Crippen LogP contribution in [0.2, 0.25) is 0 Å². The monoisotopic (exact) mass is 487 g/mol. The Morgan fingerprint density at radius 1 is 0.972 bits per heavy atom. The van der Waals surface area contributed by atoms with Crippen molar-refractivity contribution in [3.8, 4) is 22.6 Å². The first-order valence-electron chi connectivity index (χ1n) is 13.3. The van der Waals surface area contributed by atoms with Gasteiger partial charge in [-0.05, 0) is 56.2 Å². The third-order valence-electron chi connectivity index (χ3n) is 7.80. The number of anilines is 1. The second kappa shape index (κ2) is 9.88. The van der Waals surface area contributed by atoms with Crippen LogP contribution in [0.15, 0.2) is 48.7 Å². The van der Waals surface area contributed by atoms with Gasteiger partial charge in [0.1, 0.15) is 12.4 Å². The van der Waals surface area contributed by atoms with Gasteiger partial charge in [0.15, 0.2) is 5.82 Å². The molecule has 0 saturated carbocycles. The van der Waals surface area contributed by atoms with E-state index in [0.29, 0.717) is 18.7 Å². The lowest BCUT2D eigenvalue weighted by atomic mass is 10.0. The van der Waals surface area contributed by atoms with Crippen molar-refractivity contribution in [2.75, 3.05) is 50.8 Å². The summed E-state index contributed by atoms with van der Waals surface area (Å²) in [4.78, 5) is 12.4. The Bertz CT molecular complexity index is 1200. The highest BCUT2D eigenvalue weighted by Crippen LogP contribution is 2.35. The van der Waals surface area contributed by atoms with Crippen LogP contribution in [0.25, 0.3) is 16.8 Å². The maximum atomic E-state index is 6.15. The molecule has 0 N–H and O–H groups in total. The number of imidazole rings is 1. The molecule has 1 atom stereocenters. The van der Waals surface area contributed by atoms with Crippen LogP contribution in [0, 0.1) is 0 Å². The molecular formula is C29H37N5O2. The minimum atomic E-state index is 0.499. The van der Waals surface area contributed by atoms with E-state index in [2.05, 4.69) is 88.7 Å². The molecule has 7 nitrogen and oxygen atoms in total. The number of fused-ring (bicyclic) bond motifs is 3. The number of nitrogens with zero attached hydrogens (tertiary/aromatic N) is 5. The summed E-state index contributed by atoms with van der Waals surface area (Å²) in [5.41, 5.74) is 5.85. The van der Waals surface area contributed by atoms with E-state index in [9.17, 15) is 0 Å². The number of benzene rings is 2. The summed E-state index contributed by atoms with van der Waals surface area (Å²) in [5, 5.41) is 0. The zero-order valence-corrected chi connectivity index (χ0v) is 21.7. The van der Waals surface area contributed by atoms with Gasteiger partial charge in [0, 0.05) is 63.2 Å². The zero-order valence-electron chi connectivity index (χ0n) is 21.7. The van der Waals surface area contributed by atoms with Gasteiger partial charge in [-0.1, -0.05) is 18.2 Å². The fourth-order valence-corrected chi connectivity index (χ4v) is 5.84. The van der Waals surface area contributed by atoms with Crippen molar-refractivity contribution in [3.05, 3.63) is 60.2 Å². The normalized spacial score (nSPS) is 20.8. The number of morpholine rings is 1. The number of rotatable bonds is 5. The van der Waals surface area contributed by atoms with E-state index in [-0.39, 0.29) is 0 Å². The number of ether oxygens (including phenoxy) is 2. The molecule has 0 amide bonds. The number of hydrogen-bond acceptors (Lipinski definition) is 6. The second-order valence-corrected chi connectivity index (χ2v) is 10.6. The lowest BCUT2D eigenvalue weighted by Crippen LogP contribution is -2.54. The molecule has 4 heterocycles. The maximum absolute atomic E-state index is 6.15. The van der Waals surface area contributed by atoms with Gasteiger partial charge in [0.2, 0.25) is 0 Å². The highest BCUT2D eigenvalue weighted by Gasteiger charge is 2.26. The van der Waals surface area contributed by atoms with Gasteiger partial charge in [-0.15, -0.1) is 0 Å². The van der Waals surface area contributed by atoms with Crippen LogP contribution in [-0.2, 0) is 17.9 Å². The molecule has 2 aromatic carbocycles. The van der Waals surface area contributed by atoms with Crippen LogP contribution in [0.1, 0.15) is 32.3 Å². The molecule has 2 saturated heterocycles. The van der Waals surface area contributed by atoms with Crippen LogP contribution in [0.3, 0.4) is 0 Å². The summed E-state index contributed by atoms with van der Waals surface area (Å²) < 4.78 is 13.8. The quantitative estimate of drug-likeness (QED) is 0.538. The third kappa shape index (κ3) is 4.63. The van der Waals surface area contributed by atoms with Crippen molar-refractivity contribution < 1.29 is 9.47 Å². The largest absolute Gasteiger partial charge is 0.483 e. The van der Waals surface area contributed by atoms with E-state index < -0.39 is 0 Å². The van der Waals surface area contributed by atoms with E-state index in [0.717, 1.165) is 75.4 Å². The highest BCUT2D eigenvalue weighted by molar-refractivity contribution is 5.70. The van der Waals surface area contributed by atoms with Crippen LogP contribution < -0.4 is 9.64 Å². The molecule has 2 fully saturated rings. The predicted octanol–water partition coefficient (Wildman–Crippen LogP) is 4.18. The minimum absolute atomic E-state index is 0.499. The summed E-state index contributed by atoms with van der Waals surface area (Å²) in [6.07, 6.45) is 2.17. The average Bonchev–Trinajstić information content (AvgIpc) is 3.31. The molecule has 0 spiro atoms. The van der Waals surface area contributed by atoms with Crippen LogP contribution in [0.4, 0.5) is 5.69 Å². The van der Waals surface area contributed by atoms with Gasteiger partial charge >= 0.3 is 0 Å². The molecule has 3 aliphatic rings. The van der Waals surface area contributed by atoms with Gasteiger partial charge in [0.05, 0.1) is 24.6 Å². The van der Waals surface area contributed by atoms with Gasteiger partial charge in [-0.3, -0.25) is 14.4 Å². The summed E-state index contributed by atoms with van der Waals surface area (Å²) in [6.45, 7) is 15.1. The SMILES string of the molecule is CC(C)N1CCN(c2ccc(-c3ccc4c(c3)OCc3nc(CN5CCOCC5)cn3-4)cc2)CC1C. The Balaban J connectivity index is 1.17. The van der Waals surface area contributed by atoms with Crippen molar-refractivity contribution in [3.63, 3.8) is 0 Å². The topological polar surface area (TPSA) is 46.0 Å². The van der Waals surface area contributed by atoms with Gasteiger partial charge < -0.3 is 14.4 Å². The lowest BCUT2D eigenvalue weighted by Gasteiger charge is -2.43. The second-order valence-electron chi connectivity index (χ2n) is 10.6. The van der Waals surface area contributed by atoms with Crippen molar-refractivity contribution in [1.82, 2.24) is 19.4 Å². The van der Waals surface area contributed by atoms with Gasteiger partial charge in [-0.25, -0.2) is 4.98 Å². The summed E-state index contributed by atoms with van der Waals surface area (Å²) in [5.74, 6) is 1.88. The van der Waals surface area contributed by atoms with Crippen molar-refractivity contribution in [2.45, 2.75) is 46.0 Å². The minimum Gasteiger partial charge on any atom is -0.483 e. The zero-order chi connectivity index (χ0) is 24.6. The molecule has 3 aliphatic heterocycles. The van der Waals surface area contributed by atoms with Gasteiger partial charge in [0.25, 0.3) is 0 Å². The van der Waals surface area contributed by atoms with Crippen LogP contribution in [-0.4, -0.2) is 77.4 Å². The Kier molecular flexibility index (Phi) is 6.46. The first kappa shape index (κ1) is 23.5. The Hall–Kier alpha value is -2.87. The molecule has 7 heteroatoms. The molecule has 190 valence electrons. The third-order valence-corrected chi connectivity index (χ3v) is 7.80. The molecule has 3 aromatic rings. The molecule has 1 aromatic heterocycles. The molecular weight excluding hydrogens is 450 g/mol. The molecule has 36 heavy (non-hydrogen) atoms. The molecule has 6 rings (SSSR count). The van der Waals surface area contributed by atoms with E-state index in [4.69, 9.17) is 14.5 Å².